The maximum atomic E-state index is 12.0. The van der Waals surface area contributed by atoms with Gasteiger partial charge < -0.3 is 15.8 Å². The van der Waals surface area contributed by atoms with Gasteiger partial charge in [-0.15, -0.1) is 11.3 Å². The van der Waals surface area contributed by atoms with Crippen LogP contribution in [0.2, 0.25) is 0 Å². The molecule has 0 aliphatic rings. The molecular weight excluding hydrogens is 262 g/mol. The highest BCUT2D eigenvalue weighted by molar-refractivity contribution is 7.07. The zero-order valence-corrected chi connectivity index (χ0v) is 11.4. The molecule has 2 rings (SSSR count). The van der Waals surface area contributed by atoms with Gasteiger partial charge >= 0.3 is 0 Å². The number of nitrogen functional groups attached to an aromatic ring is 1. The van der Waals surface area contributed by atoms with Crippen LogP contribution in [0.3, 0.4) is 0 Å². The van der Waals surface area contributed by atoms with Crippen LogP contribution < -0.4 is 15.8 Å². The van der Waals surface area contributed by atoms with Gasteiger partial charge in [-0.1, -0.05) is 0 Å². The lowest BCUT2D eigenvalue weighted by Crippen LogP contribution is -2.26. The van der Waals surface area contributed by atoms with Gasteiger partial charge in [0.2, 0.25) is 0 Å². The normalized spacial score (nSPS) is 10.2. The van der Waals surface area contributed by atoms with Gasteiger partial charge in [0.25, 0.3) is 5.91 Å². The van der Waals surface area contributed by atoms with Crippen molar-refractivity contribution in [1.82, 2.24) is 10.3 Å². The molecular formula is C13H15N3O2S. The van der Waals surface area contributed by atoms with Gasteiger partial charge in [0.1, 0.15) is 5.75 Å². The van der Waals surface area contributed by atoms with Crippen molar-refractivity contribution >= 4 is 22.9 Å². The Balaban J connectivity index is 1.95. The Bertz CT molecular complexity index is 555. The third-order valence-corrected chi connectivity index (χ3v) is 3.29. The summed E-state index contributed by atoms with van der Waals surface area (Å²) in [6, 6.07) is 5.02. The minimum atomic E-state index is -0.202. The lowest BCUT2D eigenvalue weighted by atomic mass is 10.1. The molecule has 0 saturated heterocycles. The van der Waals surface area contributed by atoms with Crippen LogP contribution in [0.4, 0.5) is 5.69 Å². The maximum absolute atomic E-state index is 12.0. The first-order chi connectivity index (χ1) is 9.20. The summed E-state index contributed by atoms with van der Waals surface area (Å²) in [6.07, 6.45) is 0.707. The number of amides is 1. The second kappa shape index (κ2) is 6.19. The zero-order valence-electron chi connectivity index (χ0n) is 10.6. The first-order valence-corrected chi connectivity index (χ1v) is 6.74. The van der Waals surface area contributed by atoms with Crippen molar-refractivity contribution in [3.8, 4) is 5.75 Å². The molecule has 3 N–H and O–H groups in total. The second-order valence-electron chi connectivity index (χ2n) is 3.94. The van der Waals surface area contributed by atoms with Crippen LogP contribution in [0.5, 0.6) is 5.75 Å². The molecule has 0 spiro atoms. The number of carbonyl (C=O) groups is 1. The summed E-state index contributed by atoms with van der Waals surface area (Å²) in [4.78, 5) is 16.2. The van der Waals surface area contributed by atoms with E-state index in [4.69, 9.17) is 10.5 Å². The molecule has 0 aliphatic carbocycles. The average molecular weight is 277 g/mol. The van der Waals surface area contributed by atoms with E-state index in [1.165, 1.54) is 0 Å². The topological polar surface area (TPSA) is 77.2 Å². The number of nitrogens with two attached hydrogens (primary N) is 1. The number of carbonyl (C=O) groups excluding carboxylic acids is 1. The number of anilines is 1. The smallest absolute Gasteiger partial charge is 0.253 e. The number of rotatable bonds is 5. The number of nitrogens with one attached hydrogen (secondary N) is 1. The molecule has 1 aromatic heterocycles. The molecule has 0 radical (unpaired) electrons. The Hall–Kier alpha value is -2.08. The van der Waals surface area contributed by atoms with Gasteiger partial charge in [-0.25, -0.2) is 4.98 Å². The quantitative estimate of drug-likeness (QED) is 0.816. The minimum absolute atomic E-state index is 0.202. The molecule has 0 aliphatic heterocycles. The van der Waals surface area contributed by atoms with E-state index in [0.717, 1.165) is 5.69 Å². The summed E-state index contributed by atoms with van der Waals surface area (Å²) in [5, 5.41) is 4.78. The van der Waals surface area contributed by atoms with Crippen molar-refractivity contribution in [2.24, 2.45) is 0 Å². The van der Waals surface area contributed by atoms with E-state index in [9.17, 15) is 4.79 Å². The summed E-state index contributed by atoms with van der Waals surface area (Å²) in [7, 11) is 1.55. The van der Waals surface area contributed by atoms with E-state index in [1.54, 1.807) is 42.2 Å². The lowest BCUT2D eigenvalue weighted by Gasteiger charge is -2.08. The average Bonchev–Trinajstić information content (AvgIpc) is 2.92. The van der Waals surface area contributed by atoms with E-state index in [-0.39, 0.29) is 5.91 Å². The largest absolute Gasteiger partial charge is 0.497 e. The first kappa shape index (κ1) is 13.4. The number of thiazole rings is 1. The van der Waals surface area contributed by atoms with Crippen LogP contribution in [0, 0.1) is 0 Å². The highest BCUT2D eigenvalue weighted by atomic mass is 32.1. The molecule has 100 valence electrons. The molecule has 2 aromatic rings. The van der Waals surface area contributed by atoms with Gasteiger partial charge in [0, 0.05) is 24.0 Å². The van der Waals surface area contributed by atoms with Gasteiger partial charge in [0.15, 0.2) is 0 Å². The third-order valence-electron chi connectivity index (χ3n) is 2.66. The minimum Gasteiger partial charge on any atom is -0.497 e. The van der Waals surface area contributed by atoms with Crippen molar-refractivity contribution in [2.45, 2.75) is 6.42 Å². The van der Waals surface area contributed by atoms with Gasteiger partial charge in [-0.2, -0.15) is 0 Å². The number of aromatic nitrogens is 1. The van der Waals surface area contributed by atoms with Gasteiger partial charge in [-0.3, -0.25) is 4.79 Å². The fraction of sp³-hybridized carbons (Fsp3) is 0.231. The Morgan fingerprint density at radius 2 is 2.37 bits per heavy atom. The molecule has 0 atom stereocenters. The first-order valence-electron chi connectivity index (χ1n) is 5.79. The summed E-state index contributed by atoms with van der Waals surface area (Å²) in [6.45, 7) is 0.527. The van der Waals surface area contributed by atoms with Crippen molar-refractivity contribution in [1.29, 1.82) is 0 Å². The standard InChI is InChI=1S/C13H15N3O2S/c1-18-10-2-3-12(14)11(6-10)13(17)15-5-4-9-7-19-8-16-9/h2-3,6-8H,4-5,14H2,1H3,(H,15,17). The highest BCUT2D eigenvalue weighted by Gasteiger charge is 2.10. The molecule has 1 aromatic carbocycles. The van der Waals surface area contributed by atoms with Crippen LogP contribution in [0.1, 0.15) is 16.1 Å². The van der Waals surface area contributed by atoms with Gasteiger partial charge in [0.05, 0.1) is 23.9 Å². The lowest BCUT2D eigenvalue weighted by molar-refractivity contribution is 0.0954. The van der Waals surface area contributed by atoms with Crippen molar-refractivity contribution < 1.29 is 9.53 Å². The van der Waals surface area contributed by atoms with Gasteiger partial charge in [-0.05, 0) is 18.2 Å². The number of methoxy groups -OCH3 is 1. The predicted molar refractivity (Wildman–Crippen MR) is 75.6 cm³/mol. The molecule has 0 saturated carbocycles. The van der Waals surface area contributed by atoms with Crippen LogP contribution in [0.25, 0.3) is 0 Å². The molecule has 6 heteroatoms. The summed E-state index contributed by atoms with van der Waals surface area (Å²) < 4.78 is 5.08. The Kier molecular flexibility index (Phi) is 4.35. The Morgan fingerprint density at radius 3 is 3.05 bits per heavy atom. The number of ether oxygens (including phenoxy) is 1. The fourth-order valence-electron chi connectivity index (χ4n) is 1.62. The number of nitrogens with zero attached hydrogens (tertiary/aromatic N) is 1. The molecule has 0 fully saturated rings. The van der Waals surface area contributed by atoms with Crippen LogP contribution in [0.15, 0.2) is 29.1 Å². The molecule has 0 unspecified atom stereocenters. The molecule has 19 heavy (non-hydrogen) atoms. The Morgan fingerprint density at radius 1 is 1.53 bits per heavy atom. The maximum Gasteiger partial charge on any atom is 0.253 e. The molecule has 1 amide bonds. The predicted octanol–water partition coefficient (Wildman–Crippen LogP) is 1.71. The van der Waals surface area contributed by atoms with E-state index >= 15 is 0 Å². The van der Waals surface area contributed by atoms with Crippen LogP contribution in [-0.4, -0.2) is 24.5 Å². The SMILES string of the molecule is COc1ccc(N)c(C(=O)NCCc2cscn2)c1. The van der Waals surface area contributed by atoms with E-state index in [0.29, 0.717) is 30.0 Å². The van der Waals surface area contributed by atoms with Crippen molar-refractivity contribution in [2.75, 3.05) is 19.4 Å². The van der Waals surface area contributed by atoms with E-state index in [2.05, 4.69) is 10.3 Å². The van der Waals surface area contributed by atoms with E-state index < -0.39 is 0 Å². The number of hydrogen-bond acceptors (Lipinski definition) is 5. The summed E-state index contributed by atoms with van der Waals surface area (Å²) in [5.41, 5.74) is 9.40. The van der Waals surface area contributed by atoms with Crippen molar-refractivity contribution in [3.05, 3.63) is 40.3 Å². The summed E-state index contributed by atoms with van der Waals surface area (Å²) in [5.74, 6) is 0.408. The van der Waals surface area contributed by atoms with Crippen LogP contribution >= 0.6 is 11.3 Å². The molecule has 1 heterocycles. The number of hydrogen-bond donors (Lipinski definition) is 2. The fourth-order valence-corrected chi connectivity index (χ4v) is 2.21. The number of benzene rings is 1. The van der Waals surface area contributed by atoms with E-state index in [1.807, 2.05) is 5.38 Å². The summed E-state index contributed by atoms with van der Waals surface area (Å²) >= 11 is 1.54. The molecule has 0 bridgehead atoms. The Labute approximate surface area is 115 Å². The highest BCUT2D eigenvalue weighted by Crippen LogP contribution is 2.19. The zero-order chi connectivity index (χ0) is 13.7. The molecule has 5 nitrogen and oxygen atoms in total. The monoisotopic (exact) mass is 277 g/mol. The third kappa shape index (κ3) is 3.45. The second-order valence-corrected chi connectivity index (χ2v) is 4.66. The van der Waals surface area contributed by atoms with Crippen molar-refractivity contribution in [3.63, 3.8) is 0 Å². The van der Waals surface area contributed by atoms with Crippen LogP contribution in [-0.2, 0) is 6.42 Å².